The van der Waals surface area contributed by atoms with E-state index in [9.17, 15) is 14.7 Å². The minimum Gasteiger partial charge on any atom is -0.477 e. The number of rotatable bonds is 3. The van der Waals surface area contributed by atoms with Crippen LogP contribution in [-0.4, -0.2) is 51.3 Å². The largest absolute Gasteiger partial charge is 0.477 e. The molecule has 0 aliphatic carbocycles. The van der Waals surface area contributed by atoms with Crippen molar-refractivity contribution in [3.05, 3.63) is 17.5 Å². The van der Waals surface area contributed by atoms with Gasteiger partial charge in [-0.25, -0.2) is 9.59 Å². The van der Waals surface area contributed by atoms with E-state index in [0.717, 1.165) is 12.8 Å². The fraction of sp³-hybridized carbons (Fsp3) is 0.571. The molecule has 1 aliphatic rings. The summed E-state index contributed by atoms with van der Waals surface area (Å²) in [6.45, 7) is 4.62. The van der Waals surface area contributed by atoms with Gasteiger partial charge < -0.3 is 25.4 Å². The Morgan fingerprint density at radius 1 is 1.43 bits per heavy atom. The number of nitrogens with zero attached hydrogens (tertiary/aromatic N) is 1. The molecule has 1 fully saturated rings. The van der Waals surface area contributed by atoms with Gasteiger partial charge in [-0.2, -0.15) is 0 Å². The van der Waals surface area contributed by atoms with E-state index < -0.39 is 5.97 Å². The van der Waals surface area contributed by atoms with Crippen molar-refractivity contribution in [1.82, 2.24) is 9.88 Å². The highest BCUT2D eigenvalue weighted by Crippen LogP contribution is 2.22. The summed E-state index contributed by atoms with van der Waals surface area (Å²) in [6.07, 6.45) is 1.15. The highest BCUT2D eigenvalue weighted by molar-refractivity contribution is 5.99. The number of anilines is 1. The van der Waals surface area contributed by atoms with E-state index in [-0.39, 0.29) is 29.4 Å². The SMILES string of the molecule is Cc1cc(NC(=O)N2CCC(C(C)O)CC2)c(C(=O)O)[nH]1. The third-order valence-electron chi connectivity index (χ3n) is 3.92. The normalized spacial score (nSPS) is 17.6. The number of aliphatic hydroxyl groups is 1. The topological polar surface area (TPSA) is 106 Å². The third-order valence-corrected chi connectivity index (χ3v) is 3.92. The van der Waals surface area contributed by atoms with Gasteiger partial charge >= 0.3 is 12.0 Å². The molecule has 7 heteroatoms. The fourth-order valence-corrected chi connectivity index (χ4v) is 2.64. The van der Waals surface area contributed by atoms with Gasteiger partial charge in [0.2, 0.25) is 0 Å². The zero-order chi connectivity index (χ0) is 15.6. The highest BCUT2D eigenvalue weighted by atomic mass is 16.4. The van der Waals surface area contributed by atoms with Crippen molar-refractivity contribution in [2.45, 2.75) is 32.8 Å². The van der Waals surface area contributed by atoms with Crippen LogP contribution in [0, 0.1) is 12.8 Å². The number of carbonyl (C=O) groups excluding carboxylic acids is 1. The van der Waals surface area contributed by atoms with Gasteiger partial charge in [0.05, 0.1) is 11.8 Å². The first-order valence-electron chi connectivity index (χ1n) is 7.05. The Balaban J connectivity index is 1.98. The maximum absolute atomic E-state index is 12.2. The number of carboxylic acids is 1. The number of aromatic amines is 1. The van der Waals surface area contributed by atoms with Crippen molar-refractivity contribution < 1.29 is 19.8 Å². The van der Waals surface area contributed by atoms with Crippen LogP contribution in [0.3, 0.4) is 0 Å². The lowest BCUT2D eigenvalue weighted by molar-refractivity contribution is 0.0692. The Kier molecular flexibility index (Phi) is 4.52. The van der Waals surface area contributed by atoms with Gasteiger partial charge in [0.25, 0.3) is 0 Å². The van der Waals surface area contributed by atoms with Crippen LogP contribution in [0.15, 0.2) is 6.07 Å². The van der Waals surface area contributed by atoms with Crippen LogP contribution in [0.1, 0.15) is 35.9 Å². The molecule has 0 saturated carbocycles. The van der Waals surface area contributed by atoms with Gasteiger partial charge in [-0.1, -0.05) is 0 Å². The number of carboxylic acid groups (broad SMARTS) is 1. The maximum atomic E-state index is 12.2. The number of hydrogen-bond acceptors (Lipinski definition) is 3. The van der Waals surface area contributed by atoms with Crippen molar-refractivity contribution in [3.8, 4) is 0 Å². The smallest absolute Gasteiger partial charge is 0.354 e. The molecule has 21 heavy (non-hydrogen) atoms. The molecular weight excluding hydrogens is 274 g/mol. The number of likely N-dealkylation sites (tertiary alicyclic amines) is 1. The Morgan fingerprint density at radius 3 is 2.57 bits per heavy atom. The first kappa shape index (κ1) is 15.4. The van der Waals surface area contributed by atoms with Crippen molar-refractivity contribution in [1.29, 1.82) is 0 Å². The number of aryl methyl sites for hydroxylation is 1. The summed E-state index contributed by atoms with van der Waals surface area (Å²) in [5, 5.41) is 21.3. The number of H-pyrrole nitrogens is 1. The summed E-state index contributed by atoms with van der Waals surface area (Å²) in [6, 6.07) is 1.30. The minimum atomic E-state index is -1.11. The molecule has 0 spiro atoms. The Morgan fingerprint density at radius 2 is 2.05 bits per heavy atom. The molecular formula is C14H21N3O4. The summed E-state index contributed by atoms with van der Waals surface area (Å²) in [4.78, 5) is 27.6. The number of amides is 2. The van der Waals surface area contributed by atoms with E-state index in [2.05, 4.69) is 10.3 Å². The number of piperidine rings is 1. The molecule has 1 atom stereocenters. The Hall–Kier alpha value is -2.02. The van der Waals surface area contributed by atoms with Crippen molar-refractivity contribution >= 4 is 17.7 Å². The van der Waals surface area contributed by atoms with Gasteiger partial charge in [-0.3, -0.25) is 0 Å². The standard InChI is InChI=1S/C14H21N3O4/c1-8-7-11(12(15-8)13(19)20)16-14(21)17-5-3-10(4-6-17)9(2)18/h7,9-10,15,18H,3-6H2,1-2H3,(H,16,21)(H,19,20). The molecule has 1 saturated heterocycles. The van der Waals surface area contributed by atoms with Gasteiger partial charge in [-0.15, -0.1) is 0 Å². The molecule has 2 heterocycles. The monoisotopic (exact) mass is 295 g/mol. The third kappa shape index (κ3) is 3.55. The Bertz CT molecular complexity index is 530. The summed E-state index contributed by atoms with van der Waals surface area (Å²) >= 11 is 0. The van der Waals surface area contributed by atoms with E-state index in [4.69, 9.17) is 5.11 Å². The Labute approximate surface area is 123 Å². The van der Waals surface area contributed by atoms with Crippen LogP contribution in [0.25, 0.3) is 0 Å². The molecule has 4 N–H and O–H groups in total. The predicted molar refractivity (Wildman–Crippen MR) is 77.5 cm³/mol. The molecule has 1 aromatic rings. The summed E-state index contributed by atoms with van der Waals surface area (Å²) in [7, 11) is 0. The van der Waals surface area contributed by atoms with E-state index in [1.54, 1.807) is 24.8 Å². The molecule has 1 unspecified atom stereocenters. The quantitative estimate of drug-likeness (QED) is 0.680. The maximum Gasteiger partial charge on any atom is 0.354 e. The summed E-state index contributed by atoms with van der Waals surface area (Å²) in [5.74, 6) is -0.885. The lowest BCUT2D eigenvalue weighted by Gasteiger charge is -2.33. The average Bonchev–Trinajstić information content (AvgIpc) is 2.80. The minimum absolute atomic E-state index is 0.0142. The average molecular weight is 295 g/mol. The number of hydrogen-bond donors (Lipinski definition) is 4. The first-order valence-corrected chi connectivity index (χ1v) is 7.05. The zero-order valence-corrected chi connectivity index (χ0v) is 12.2. The first-order chi connectivity index (χ1) is 9.88. The van der Waals surface area contributed by atoms with E-state index in [1.165, 1.54) is 0 Å². The highest BCUT2D eigenvalue weighted by Gasteiger charge is 2.26. The lowest BCUT2D eigenvalue weighted by atomic mass is 9.92. The lowest BCUT2D eigenvalue weighted by Crippen LogP contribution is -2.42. The van der Waals surface area contributed by atoms with Gasteiger partial charge in [0.15, 0.2) is 0 Å². The van der Waals surface area contributed by atoms with Crippen molar-refractivity contribution in [3.63, 3.8) is 0 Å². The van der Waals surface area contributed by atoms with Gasteiger partial charge in [0, 0.05) is 18.8 Å². The molecule has 116 valence electrons. The van der Waals surface area contributed by atoms with E-state index >= 15 is 0 Å². The molecule has 0 aromatic carbocycles. The zero-order valence-electron chi connectivity index (χ0n) is 12.2. The van der Waals surface area contributed by atoms with Crippen LogP contribution < -0.4 is 5.32 Å². The second-order valence-electron chi connectivity index (χ2n) is 5.54. The second kappa shape index (κ2) is 6.17. The fourth-order valence-electron chi connectivity index (χ4n) is 2.64. The molecule has 1 aromatic heterocycles. The number of aliphatic hydroxyl groups excluding tert-OH is 1. The van der Waals surface area contributed by atoms with Crippen molar-refractivity contribution in [2.24, 2.45) is 5.92 Å². The van der Waals surface area contributed by atoms with Crippen LogP contribution in [0.2, 0.25) is 0 Å². The molecule has 0 radical (unpaired) electrons. The number of carbonyl (C=O) groups is 2. The van der Waals surface area contributed by atoms with Gasteiger partial charge in [0.1, 0.15) is 5.69 Å². The predicted octanol–water partition coefficient (Wildman–Crippen LogP) is 1.65. The van der Waals surface area contributed by atoms with Crippen LogP contribution in [-0.2, 0) is 0 Å². The molecule has 2 amide bonds. The number of aromatic nitrogens is 1. The summed E-state index contributed by atoms with van der Waals surface area (Å²) < 4.78 is 0. The molecule has 1 aliphatic heterocycles. The molecule has 7 nitrogen and oxygen atoms in total. The van der Waals surface area contributed by atoms with E-state index in [0.29, 0.717) is 18.8 Å². The van der Waals surface area contributed by atoms with Crippen molar-refractivity contribution in [2.75, 3.05) is 18.4 Å². The van der Waals surface area contributed by atoms with Crippen LogP contribution >= 0.6 is 0 Å². The second-order valence-corrected chi connectivity index (χ2v) is 5.54. The van der Waals surface area contributed by atoms with Crippen LogP contribution in [0.4, 0.5) is 10.5 Å². The number of nitrogens with one attached hydrogen (secondary N) is 2. The molecule has 0 bridgehead atoms. The number of aromatic carboxylic acids is 1. The number of urea groups is 1. The van der Waals surface area contributed by atoms with Crippen LogP contribution in [0.5, 0.6) is 0 Å². The van der Waals surface area contributed by atoms with Gasteiger partial charge in [-0.05, 0) is 38.7 Å². The molecule has 2 rings (SSSR count). The van der Waals surface area contributed by atoms with E-state index in [1.807, 2.05) is 0 Å². The summed E-state index contributed by atoms with van der Waals surface area (Å²) in [5.41, 5.74) is 0.942.